The van der Waals surface area contributed by atoms with E-state index in [1.807, 2.05) is 0 Å². The fourth-order valence-electron chi connectivity index (χ4n) is 2.04. The molecular weight excluding hydrogens is 304 g/mol. The number of nitrogens with zero attached hydrogens (tertiary/aromatic N) is 4. The van der Waals surface area contributed by atoms with Gasteiger partial charge in [-0.1, -0.05) is 18.3 Å². The molecule has 0 saturated carbocycles. The van der Waals surface area contributed by atoms with Crippen LogP contribution in [0.25, 0.3) is 0 Å². The van der Waals surface area contributed by atoms with Crippen LogP contribution in [0.3, 0.4) is 0 Å². The van der Waals surface area contributed by atoms with E-state index in [0.717, 1.165) is 24.1 Å². The van der Waals surface area contributed by atoms with E-state index >= 15 is 0 Å². The molecule has 1 unspecified atom stereocenters. The summed E-state index contributed by atoms with van der Waals surface area (Å²) in [5, 5.41) is 14.1. The lowest BCUT2D eigenvalue weighted by molar-refractivity contribution is -0.380. The van der Waals surface area contributed by atoms with Crippen molar-refractivity contribution in [2.45, 2.75) is 39.2 Å². The molecule has 8 nitrogen and oxygen atoms in total. The van der Waals surface area contributed by atoms with E-state index in [-0.39, 0.29) is 21.9 Å². The summed E-state index contributed by atoms with van der Waals surface area (Å²) in [5.41, 5.74) is 5.61. The zero-order chi connectivity index (χ0) is 16.1. The number of rotatable bonds is 7. The molecule has 2 rings (SSSR count). The number of thiophene rings is 1. The highest BCUT2D eigenvalue weighted by molar-refractivity contribution is 7.15. The lowest BCUT2D eigenvalue weighted by atomic mass is 10.1. The van der Waals surface area contributed by atoms with Crippen LogP contribution in [0, 0.1) is 17.0 Å². The van der Waals surface area contributed by atoms with Crippen LogP contribution in [-0.4, -0.2) is 25.9 Å². The average Bonchev–Trinajstić information content (AvgIpc) is 2.91. The number of nitrogens with two attached hydrogens (primary N) is 1. The van der Waals surface area contributed by atoms with E-state index in [1.54, 1.807) is 19.1 Å². The fourth-order valence-corrected chi connectivity index (χ4v) is 2.88. The van der Waals surface area contributed by atoms with Crippen molar-refractivity contribution < 1.29 is 4.92 Å². The number of hydrogen-bond donors (Lipinski definition) is 2. The molecular formula is C13H18N6O2S. The largest absolute Gasteiger partial charge is 0.368 e. The second kappa shape index (κ2) is 7.12. The normalized spacial score (nSPS) is 12.1. The Kier molecular flexibility index (Phi) is 5.21. The molecule has 0 radical (unpaired) electrons. The quantitative estimate of drug-likeness (QED) is 0.593. The number of nitrogen functional groups attached to an aromatic ring is 1. The highest BCUT2D eigenvalue weighted by atomic mass is 32.1. The van der Waals surface area contributed by atoms with Gasteiger partial charge in [0.1, 0.15) is 5.82 Å². The topological polar surface area (TPSA) is 120 Å². The molecule has 0 amide bonds. The Hall–Kier alpha value is -2.29. The minimum absolute atomic E-state index is 0.169. The predicted molar refractivity (Wildman–Crippen MR) is 86.0 cm³/mol. The molecule has 2 heterocycles. The van der Waals surface area contributed by atoms with Crippen molar-refractivity contribution in [1.29, 1.82) is 0 Å². The van der Waals surface area contributed by atoms with E-state index in [2.05, 4.69) is 27.2 Å². The van der Waals surface area contributed by atoms with Gasteiger partial charge in [-0.2, -0.15) is 15.0 Å². The van der Waals surface area contributed by atoms with E-state index in [0.29, 0.717) is 11.8 Å². The summed E-state index contributed by atoms with van der Waals surface area (Å²) >= 11 is 1.22. The first kappa shape index (κ1) is 16.1. The van der Waals surface area contributed by atoms with Crippen LogP contribution in [0.15, 0.2) is 12.1 Å². The summed E-state index contributed by atoms with van der Waals surface area (Å²) in [7, 11) is 0. The summed E-state index contributed by atoms with van der Waals surface area (Å²) in [5.74, 6) is 1.23. The molecule has 22 heavy (non-hydrogen) atoms. The van der Waals surface area contributed by atoms with Crippen molar-refractivity contribution >= 4 is 28.2 Å². The molecule has 1 atom stereocenters. The molecule has 2 aromatic heterocycles. The van der Waals surface area contributed by atoms with E-state index in [1.165, 1.54) is 11.3 Å². The van der Waals surface area contributed by atoms with Crippen molar-refractivity contribution in [2.75, 3.05) is 11.1 Å². The minimum atomic E-state index is -0.361. The van der Waals surface area contributed by atoms with Gasteiger partial charge in [0.25, 0.3) is 0 Å². The van der Waals surface area contributed by atoms with Gasteiger partial charge in [-0.05, 0) is 32.3 Å². The van der Waals surface area contributed by atoms with Crippen LogP contribution in [0.4, 0.5) is 16.9 Å². The second-order valence-corrected chi connectivity index (χ2v) is 6.00. The van der Waals surface area contributed by atoms with Crippen molar-refractivity contribution in [1.82, 2.24) is 15.0 Å². The van der Waals surface area contributed by atoms with Crippen molar-refractivity contribution in [3.8, 4) is 0 Å². The van der Waals surface area contributed by atoms with Crippen LogP contribution in [-0.2, 0) is 6.42 Å². The van der Waals surface area contributed by atoms with Gasteiger partial charge < -0.3 is 11.1 Å². The molecule has 0 aliphatic carbocycles. The number of hydrogen-bond acceptors (Lipinski definition) is 8. The fraction of sp³-hybridized carbons (Fsp3) is 0.462. The SMILES string of the molecule is CCC(CCc1ccc([N+](=O)[O-])s1)Nc1nc(C)nc(N)n1. The van der Waals surface area contributed by atoms with Gasteiger partial charge in [0, 0.05) is 17.0 Å². The third-order valence-corrected chi connectivity index (χ3v) is 4.25. The molecule has 118 valence electrons. The standard InChI is InChI=1S/C13H18N6O2S/c1-3-9(17-13-16-8(2)15-12(14)18-13)4-5-10-6-7-11(22-10)19(20)21/h6-7,9H,3-5H2,1-2H3,(H3,14,15,16,17,18). The summed E-state index contributed by atoms with van der Waals surface area (Å²) in [6.45, 7) is 3.82. The Bertz CT molecular complexity index is 639. The monoisotopic (exact) mass is 322 g/mol. The first-order valence-corrected chi connectivity index (χ1v) is 7.77. The van der Waals surface area contributed by atoms with E-state index in [9.17, 15) is 10.1 Å². The minimum Gasteiger partial charge on any atom is -0.368 e. The van der Waals surface area contributed by atoms with Gasteiger partial charge in [0.15, 0.2) is 0 Å². The van der Waals surface area contributed by atoms with E-state index in [4.69, 9.17) is 5.73 Å². The van der Waals surface area contributed by atoms with Crippen LogP contribution in [0.2, 0.25) is 0 Å². The van der Waals surface area contributed by atoms with Crippen molar-refractivity contribution in [2.24, 2.45) is 0 Å². The molecule has 9 heteroatoms. The summed E-state index contributed by atoms with van der Waals surface area (Å²) in [6, 6.07) is 3.52. The summed E-state index contributed by atoms with van der Waals surface area (Å²) in [6.07, 6.45) is 2.49. The third kappa shape index (κ3) is 4.35. The van der Waals surface area contributed by atoms with Crippen LogP contribution in [0.5, 0.6) is 0 Å². The number of aromatic nitrogens is 3. The number of nitrogens with one attached hydrogen (secondary N) is 1. The summed E-state index contributed by atoms with van der Waals surface area (Å²) in [4.78, 5) is 23.5. The maximum absolute atomic E-state index is 10.7. The molecule has 2 aromatic rings. The Morgan fingerprint density at radius 3 is 2.77 bits per heavy atom. The molecule has 3 N–H and O–H groups in total. The average molecular weight is 322 g/mol. The van der Waals surface area contributed by atoms with Crippen LogP contribution in [0.1, 0.15) is 30.5 Å². The van der Waals surface area contributed by atoms with Gasteiger partial charge in [0.2, 0.25) is 11.9 Å². The molecule has 0 spiro atoms. The van der Waals surface area contributed by atoms with Gasteiger partial charge in [-0.25, -0.2) is 0 Å². The zero-order valence-electron chi connectivity index (χ0n) is 12.4. The summed E-state index contributed by atoms with van der Waals surface area (Å²) < 4.78 is 0. The van der Waals surface area contributed by atoms with Crippen molar-refractivity contribution in [3.63, 3.8) is 0 Å². The Morgan fingerprint density at radius 1 is 1.41 bits per heavy atom. The first-order chi connectivity index (χ1) is 10.5. The van der Waals surface area contributed by atoms with E-state index < -0.39 is 0 Å². The zero-order valence-corrected chi connectivity index (χ0v) is 13.3. The molecule has 0 aromatic carbocycles. The van der Waals surface area contributed by atoms with Crippen LogP contribution < -0.4 is 11.1 Å². The van der Waals surface area contributed by atoms with Crippen molar-refractivity contribution in [3.05, 3.63) is 32.9 Å². The lowest BCUT2D eigenvalue weighted by Gasteiger charge is -2.16. The Labute approximate surface area is 132 Å². The second-order valence-electron chi connectivity index (χ2n) is 4.85. The maximum atomic E-state index is 10.7. The molecule has 0 saturated heterocycles. The first-order valence-electron chi connectivity index (χ1n) is 6.95. The maximum Gasteiger partial charge on any atom is 0.324 e. The van der Waals surface area contributed by atoms with Gasteiger partial charge >= 0.3 is 5.00 Å². The number of aryl methyl sites for hydroxylation is 2. The van der Waals surface area contributed by atoms with Gasteiger partial charge in [-0.3, -0.25) is 10.1 Å². The Balaban J connectivity index is 1.95. The molecule has 0 aliphatic rings. The molecule has 0 aliphatic heterocycles. The third-order valence-electron chi connectivity index (χ3n) is 3.16. The number of nitro groups is 1. The highest BCUT2D eigenvalue weighted by Crippen LogP contribution is 2.25. The van der Waals surface area contributed by atoms with Gasteiger partial charge in [-0.15, -0.1) is 0 Å². The van der Waals surface area contributed by atoms with Crippen LogP contribution >= 0.6 is 11.3 Å². The lowest BCUT2D eigenvalue weighted by Crippen LogP contribution is -2.21. The molecule has 0 fully saturated rings. The predicted octanol–water partition coefficient (Wildman–Crippen LogP) is 2.56. The highest BCUT2D eigenvalue weighted by Gasteiger charge is 2.13. The number of anilines is 2. The Morgan fingerprint density at radius 2 is 2.18 bits per heavy atom. The smallest absolute Gasteiger partial charge is 0.324 e. The van der Waals surface area contributed by atoms with Gasteiger partial charge in [0.05, 0.1) is 4.92 Å². The molecule has 0 bridgehead atoms.